The Labute approximate surface area is 102 Å². The molecule has 1 fully saturated rings. The zero-order chi connectivity index (χ0) is 13.1. The Morgan fingerprint density at radius 2 is 2.06 bits per heavy atom. The Hall–Kier alpha value is -1.26. The molecule has 0 aliphatic carbocycles. The third-order valence-electron chi connectivity index (χ3n) is 2.53. The molecule has 17 heavy (non-hydrogen) atoms. The maximum absolute atomic E-state index is 11.7. The van der Waals surface area contributed by atoms with Gasteiger partial charge in [0.15, 0.2) is 0 Å². The average Bonchev–Trinajstić information content (AvgIpc) is 2.25. The minimum atomic E-state index is -0.543. The second kappa shape index (κ2) is 5.38. The van der Waals surface area contributed by atoms with Gasteiger partial charge in [-0.15, -0.1) is 0 Å². The van der Waals surface area contributed by atoms with Crippen molar-refractivity contribution in [3.8, 4) is 0 Å². The fourth-order valence-electron chi connectivity index (χ4n) is 1.76. The van der Waals surface area contributed by atoms with E-state index in [1.807, 2.05) is 6.92 Å². The number of nitrogens with one attached hydrogen (secondary N) is 2. The van der Waals surface area contributed by atoms with Crippen LogP contribution in [0.2, 0.25) is 0 Å². The smallest absolute Gasteiger partial charge is 0.408 e. The fraction of sp³-hybridized carbons (Fsp3) is 0.833. The summed E-state index contributed by atoms with van der Waals surface area (Å²) in [7, 11) is 0. The molecule has 0 saturated carbocycles. The summed E-state index contributed by atoms with van der Waals surface area (Å²) in [5.74, 6) is -0.124. The molecule has 0 bridgehead atoms. The van der Waals surface area contributed by atoms with E-state index in [2.05, 4.69) is 10.6 Å². The highest BCUT2D eigenvalue weighted by molar-refractivity contribution is 5.86. The van der Waals surface area contributed by atoms with E-state index >= 15 is 0 Å². The van der Waals surface area contributed by atoms with Crippen LogP contribution < -0.4 is 10.6 Å². The Morgan fingerprint density at radius 3 is 2.65 bits per heavy atom. The van der Waals surface area contributed by atoms with E-state index in [4.69, 9.17) is 4.74 Å². The van der Waals surface area contributed by atoms with Crippen LogP contribution in [0.25, 0.3) is 0 Å². The van der Waals surface area contributed by atoms with Crippen LogP contribution >= 0.6 is 0 Å². The third kappa shape index (κ3) is 5.06. The molecule has 5 heteroatoms. The molecule has 0 aromatic rings. The summed E-state index contributed by atoms with van der Waals surface area (Å²) in [4.78, 5) is 23.3. The lowest BCUT2D eigenvalue weighted by Gasteiger charge is -2.22. The van der Waals surface area contributed by atoms with Gasteiger partial charge in [-0.3, -0.25) is 4.79 Å². The second-order valence-corrected chi connectivity index (χ2v) is 5.54. The Balaban J connectivity index is 2.50. The van der Waals surface area contributed by atoms with Crippen LogP contribution in [-0.2, 0) is 9.53 Å². The molecular formula is C12H22N2O3. The van der Waals surface area contributed by atoms with Crippen molar-refractivity contribution < 1.29 is 14.3 Å². The van der Waals surface area contributed by atoms with Gasteiger partial charge in [-0.1, -0.05) is 0 Å². The number of rotatable bonds is 1. The van der Waals surface area contributed by atoms with Gasteiger partial charge < -0.3 is 15.4 Å². The molecule has 2 atom stereocenters. The molecule has 2 N–H and O–H groups in total. The minimum Gasteiger partial charge on any atom is -0.444 e. The zero-order valence-corrected chi connectivity index (χ0v) is 11.0. The van der Waals surface area contributed by atoms with Crippen LogP contribution in [0.1, 0.15) is 47.0 Å². The monoisotopic (exact) mass is 242 g/mol. The lowest BCUT2D eigenvalue weighted by Crippen LogP contribution is -2.48. The topological polar surface area (TPSA) is 67.4 Å². The highest BCUT2D eigenvalue weighted by Gasteiger charge is 2.26. The number of ether oxygens (including phenoxy) is 1. The molecule has 0 spiro atoms. The summed E-state index contributed by atoms with van der Waals surface area (Å²) in [6, 6.07) is -0.303. The standard InChI is InChI=1S/C12H22N2O3/c1-8-6-5-7-9(10(15)13-8)14-11(16)17-12(2,3)4/h8-9H,5-7H2,1-4H3,(H,13,15)(H,14,16)/t8-,9-/m1/s1. The highest BCUT2D eigenvalue weighted by atomic mass is 16.6. The highest BCUT2D eigenvalue weighted by Crippen LogP contribution is 2.11. The van der Waals surface area contributed by atoms with Gasteiger partial charge in [0.1, 0.15) is 11.6 Å². The van der Waals surface area contributed by atoms with Crippen molar-refractivity contribution in [3.05, 3.63) is 0 Å². The van der Waals surface area contributed by atoms with Gasteiger partial charge in [-0.05, 0) is 47.0 Å². The third-order valence-corrected chi connectivity index (χ3v) is 2.53. The molecule has 0 unspecified atom stereocenters. The van der Waals surface area contributed by atoms with Crippen molar-refractivity contribution in [2.45, 2.75) is 64.6 Å². The van der Waals surface area contributed by atoms with Crippen molar-refractivity contribution in [3.63, 3.8) is 0 Å². The molecule has 5 nitrogen and oxygen atoms in total. The van der Waals surface area contributed by atoms with Crippen molar-refractivity contribution in [2.24, 2.45) is 0 Å². The zero-order valence-electron chi connectivity index (χ0n) is 11.0. The van der Waals surface area contributed by atoms with E-state index in [0.717, 1.165) is 12.8 Å². The maximum Gasteiger partial charge on any atom is 0.408 e. The van der Waals surface area contributed by atoms with Crippen molar-refractivity contribution in [1.82, 2.24) is 10.6 Å². The van der Waals surface area contributed by atoms with E-state index in [0.29, 0.717) is 6.42 Å². The summed E-state index contributed by atoms with van der Waals surface area (Å²) in [6.45, 7) is 7.35. The molecule has 2 amide bonds. The number of carbonyl (C=O) groups is 2. The minimum absolute atomic E-state index is 0.124. The molecule has 1 rings (SSSR count). The van der Waals surface area contributed by atoms with Gasteiger partial charge in [0.05, 0.1) is 0 Å². The SMILES string of the molecule is C[C@@H]1CCC[C@@H](NC(=O)OC(C)(C)C)C(=O)N1. The van der Waals surface area contributed by atoms with Gasteiger partial charge >= 0.3 is 6.09 Å². The Kier molecular flexibility index (Phi) is 4.37. The molecule has 1 aliphatic heterocycles. The van der Waals surface area contributed by atoms with Crippen molar-refractivity contribution >= 4 is 12.0 Å². The molecule has 1 saturated heterocycles. The predicted octanol–water partition coefficient (Wildman–Crippen LogP) is 1.57. The van der Waals surface area contributed by atoms with Crippen LogP contribution in [0.4, 0.5) is 4.79 Å². The lowest BCUT2D eigenvalue weighted by molar-refractivity contribution is -0.123. The normalized spacial score (nSPS) is 25.8. The van der Waals surface area contributed by atoms with E-state index in [9.17, 15) is 9.59 Å². The van der Waals surface area contributed by atoms with Crippen LogP contribution in [0, 0.1) is 0 Å². The predicted molar refractivity (Wildman–Crippen MR) is 64.6 cm³/mol. The van der Waals surface area contributed by atoms with Gasteiger partial charge in [-0.25, -0.2) is 4.79 Å². The molecule has 0 aromatic heterocycles. The first-order valence-corrected chi connectivity index (χ1v) is 6.08. The van der Waals surface area contributed by atoms with Crippen molar-refractivity contribution in [2.75, 3.05) is 0 Å². The lowest BCUT2D eigenvalue weighted by atomic mass is 10.1. The molecule has 0 aromatic carbocycles. The van der Waals surface area contributed by atoms with Gasteiger partial charge in [0.2, 0.25) is 5.91 Å². The fourth-order valence-corrected chi connectivity index (χ4v) is 1.76. The quantitative estimate of drug-likeness (QED) is 0.733. The first-order valence-electron chi connectivity index (χ1n) is 6.08. The summed E-state index contributed by atoms with van der Waals surface area (Å²) in [5.41, 5.74) is -0.543. The maximum atomic E-state index is 11.7. The number of alkyl carbamates (subject to hydrolysis) is 1. The Morgan fingerprint density at radius 1 is 1.41 bits per heavy atom. The first kappa shape index (κ1) is 13.8. The summed E-state index contributed by atoms with van der Waals surface area (Å²) < 4.78 is 5.13. The van der Waals surface area contributed by atoms with E-state index < -0.39 is 17.7 Å². The molecule has 0 radical (unpaired) electrons. The summed E-state index contributed by atoms with van der Waals surface area (Å²) >= 11 is 0. The van der Waals surface area contributed by atoms with Crippen molar-refractivity contribution in [1.29, 1.82) is 0 Å². The number of carbonyl (C=O) groups excluding carboxylic acids is 2. The van der Waals surface area contributed by atoms with E-state index in [1.165, 1.54) is 0 Å². The van der Waals surface area contributed by atoms with Gasteiger partial charge in [0, 0.05) is 6.04 Å². The van der Waals surface area contributed by atoms with E-state index in [1.54, 1.807) is 20.8 Å². The molecule has 98 valence electrons. The first-order chi connectivity index (χ1) is 7.78. The van der Waals surface area contributed by atoms with E-state index in [-0.39, 0.29) is 11.9 Å². The average molecular weight is 242 g/mol. The van der Waals surface area contributed by atoms with Crippen LogP contribution in [-0.4, -0.2) is 29.7 Å². The number of amides is 2. The molecule has 1 aliphatic rings. The van der Waals surface area contributed by atoms with Crippen LogP contribution in [0.5, 0.6) is 0 Å². The molecule has 1 heterocycles. The number of hydrogen-bond donors (Lipinski definition) is 2. The Bertz CT molecular complexity index is 297. The molecular weight excluding hydrogens is 220 g/mol. The summed E-state index contributed by atoms with van der Waals surface area (Å²) in [5, 5.41) is 5.46. The van der Waals surface area contributed by atoms with Crippen LogP contribution in [0.3, 0.4) is 0 Å². The summed E-state index contributed by atoms with van der Waals surface area (Å²) in [6.07, 6.45) is 1.99. The largest absolute Gasteiger partial charge is 0.444 e. The van der Waals surface area contributed by atoms with Crippen LogP contribution in [0.15, 0.2) is 0 Å². The van der Waals surface area contributed by atoms with Gasteiger partial charge in [0.25, 0.3) is 0 Å². The van der Waals surface area contributed by atoms with Gasteiger partial charge in [-0.2, -0.15) is 0 Å². The second-order valence-electron chi connectivity index (χ2n) is 5.54. The number of hydrogen-bond acceptors (Lipinski definition) is 3.